The van der Waals surface area contributed by atoms with Gasteiger partial charge in [0, 0.05) is 12.6 Å². The van der Waals surface area contributed by atoms with Gasteiger partial charge in [0.15, 0.2) is 0 Å². The van der Waals surface area contributed by atoms with E-state index in [1.807, 2.05) is 4.90 Å². The van der Waals surface area contributed by atoms with Gasteiger partial charge in [-0.25, -0.2) is 0 Å². The van der Waals surface area contributed by atoms with Crippen molar-refractivity contribution < 1.29 is 4.79 Å². The highest BCUT2D eigenvalue weighted by molar-refractivity contribution is 5.93. The lowest BCUT2D eigenvalue weighted by atomic mass is 9.87. The van der Waals surface area contributed by atoms with Crippen molar-refractivity contribution in [2.45, 2.75) is 53.0 Å². The summed E-state index contributed by atoms with van der Waals surface area (Å²) in [6.07, 6.45) is 3.33. The molecule has 0 aromatic heterocycles. The first-order valence-electron chi connectivity index (χ1n) is 5.67. The van der Waals surface area contributed by atoms with E-state index in [1.54, 1.807) is 6.92 Å². The van der Waals surface area contributed by atoms with E-state index in [9.17, 15) is 4.79 Å². The van der Waals surface area contributed by atoms with E-state index < -0.39 is 0 Å². The highest BCUT2D eigenvalue weighted by Crippen LogP contribution is 2.29. The van der Waals surface area contributed by atoms with Gasteiger partial charge in [0.2, 0.25) is 0 Å². The molecule has 1 fully saturated rings. The molecule has 0 bridgehead atoms. The fourth-order valence-corrected chi connectivity index (χ4v) is 2.20. The van der Waals surface area contributed by atoms with E-state index in [0.717, 1.165) is 25.8 Å². The summed E-state index contributed by atoms with van der Waals surface area (Å²) in [5, 5.41) is 0. The first-order valence-corrected chi connectivity index (χ1v) is 5.67. The molecule has 1 rings (SSSR count). The van der Waals surface area contributed by atoms with Crippen LogP contribution in [0.2, 0.25) is 0 Å². The van der Waals surface area contributed by atoms with Gasteiger partial charge in [0.25, 0.3) is 5.91 Å². The fraction of sp³-hybridized carbons (Fsp3) is 0.769. The molecule has 0 spiro atoms. The number of carbonyl (C=O) groups excluding carboxylic acids is 1. The van der Waals surface area contributed by atoms with Crippen molar-refractivity contribution in [2.24, 2.45) is 5.41 Å². The van der Waals surface area contributed by atoms with E-state index in [1.165, 1.54) is 0 Å². The van der Waals surface area contributed by atoms with Crippen molar-refractivity contribution in [3.63, 3.8) is 0 Å². The Hall–Kier alpha value is -0.970. The maximum atomic E-state index is 11.7. The molecule has 1 unspecified atom stereocenters. The van der Waals surface area contributed by atoms with Crippen LogP contribution >= 0.6 is 0 Å². The molecule has 2 nitrogen and oxygen atoms in total. The van der Waals surface area contributed by atoms with Crippen LogP contribution in [0.5, 0.6) is 0 Å². The van der Waals surface area contributed by atoms with Crippen molar-refractivity contribution in [2.75, 3.05) is 6.54 Å². The zero-order valence-electron chi connectivity index (χ0n) is 10.3. The monoisotopic (exact) mass is 207 g/mol. The van der Waals surface area contributed by atoms with Crippen LogP contribution in [-0.4, -0.2) is 23.4 Å². The summed E-state index contributed by atoms with van der Waals surface area (Å²) in [6.45, 7) is 9.26. The van der Waals surface area contributed by atoms with Gasteiger partial charge in [-0.2, -0.15) is 0 Å². The van der Waals surface area contributed by atoms with Crippen molar-refractivity contribution in [1.82, 2.24) is 4.90 Å². The zero-order chi connectivity index (χ0) is 11.5. The number of nitrogens with zero attached hydrogens (tertiary/aromatic N) is 1. The largest absolute Gasteiger partial charge is 0.329 e. The summed E-state index contributed by atoms with van der Waals surface area (Å²) in [5.74, 6) is 5.33. The topological polar surface area (TPSA) is 20.3 Å². The average Bonchev–Trinajstić information content (AvgIpc) is 2.49. The van der Waals surface area contributed by atoms with E-state index in [0.29, 0.717) is 6.04 Å². The Morgan fingerprint density at radius 1 is 1.47 bits per heavy atom. The van der Waals surface area contributed by atoms with Crippen molar-refractivity contribution in [3.05, 3.63) is 0 Å². The maximum absolute atomic E-state index is 11.7. The third-order valence-corrected chi connectivity index (χ3v) is 2.72. The maximum Gasteiger partial charge on any atom is 0.298 e. The Morgan fingerprint density at radius 3 is 2.67 bits per heavy atom. The smallest absolute Gasteiger partial charge is 0.298 e. The van der Waals surface area contributed by atoms with E-state index in [-0.39, 0.29) is 11.3 Å². The molecule has 1 amide bonds. The minimum atomic E-state index is 0.00394. The molecule has 84 valence electrons. The summed E-state index contributed by atoms with van der Waals surface area (Å²) in [5.41, 5.74) is 0.285. The standard InChI is InChI=1S/C13H21NO/c1-5-7-12(15)14-9-6-8-11(14)10-13(2,3)4/h11H,6,8-10H2,1-4H3. The van der Waals surface area contributed by atoms with Gasteiger partial charge in [-0.05, 0) is 37.5 Å². The van der Waals surface area contributed by atoms with E-state index in [4.69, 9.17) is 0 Å². The molecule has 0 N–H and O–H groups in total. The summed E-state index contributed by atoms with van der Waals surface area (Å²) in [6, 6.07) is 0.401. The summed E-state index contributed by atoms with van der Waals surface area (Å²) < 4.78 is 0. The first-order chi connectivity index (χ1) is 6.94. The molecule has 0 saturated carbocycles. The SMILES string of the molecule is CC#CC(=O)N1CCCC1CC(C)(C)C. The molecule has 0 aliphatic carbocycles. The molecular formula is C13H21NO. The minimum Gasteiger partial charge on any atom is -0.329 e. The summed E-state index contributed by atoms with van der Waals surface area (Å²) in [4.78, 5) is 13.6. The van der Waals surface area contributed by atoms with Gasteiger partial charge < -0.3 is 4.90 Å². The Kier molecular flexibility index (Phi) is 3.79. The van der Waals surface area contributed by atoms with Crippen LogP contribution < -0.4 is 0 Å². The lowest BCUT2D eigenvalue weighted by Gasteiger charge is -2.29. The highest BCUT2D eigenvalue weighted by atomic mass is 16.2. The third kappa shape index (κ3) is 3.58. The molecule has 0 aromatic rings. The quantitative estimate of drug-likeness (QED) is 0.605. The van der Waals surface area contributed by atoms with Crippen LogP contribution in [0.1, 0.15) is 47.0 Å². The van der Waals surface area contributed by atoms with Crippen molar-refractivity contribution in [1.29, 1.82) is 0 Å². The molecule has 1 heterocycles. The predicted molar refractivity (Wildman–Crippen MR) is 62.3 cm³/mol. The van der Waals surface area contributed by atoms with Crippen molar-refractivity contribution in [3.8, 4) is 11.8 Å². The number of carbonyl (C=O) groups is 1. The Labute approximate surface area is 93.0 Å². The van der Waals surface area contributed by atoms with Crippen LogP contribution in [0, 0.1) is 17.3 Å². The molecule has 0 aromatic carbocycles. The minimum absolute atomic E-state index is 0.00394. The van der Waals surface area contributed by atoms with Gasteiger partial charge >= 0.3 is 0 Å². The molecule has 1 aliphatic heterocycles. The molecule has 1 saturated heterocycles. The number of rotatable bonds is 1. The number of hydrogen-bond donors (Lipinski definition) is 0. The van der Waals surface area contributed by atoms with Crippen LogP contribution in [0.15, 0.2) is 0 Å². The number of amides is 1. The van der Waals surface area contributed by atoms with E-state index in [2.05, 4.69) is 32.6 Å². The second-order valence-corrected chi connectivity index (χ2v) is 5.43. The molecular weight excluding hydrogens is 186 g/mol. The number of likely N-dealkylation sites (tertiary alicyclic amines) is 1. The van der Waals surface area contributed by atoms with Gasteiger partial charge in [-0.1, -0.05) is 26.7 Å². The van der Waals surface area contributed by atoms with Gasteiger partial charge in [0.05, 0.1) is 0 Å². The molecule has 15 heavy (non-hydrogen) atoms. The zero-order valence-corrected chi connectivity index (χ0v) is 10.3. The fourth-order valence-electron chi connectivity index (χ4n) is 2.20. The molecule has 0 radical (unpaired) electrons. The Balaban J connectivity index is 2.64. The van der Waals surface area contributed by atoms with Gasteiger partial charge in [-0.3, -0.25) is 4.79 Å². The first kappa shape index (κ1) is 12.1. The van der Waals surface area contributed by atoms with E-state index >= 15 is 0 Å². The second kappa shape index (κ2) is 4.70. The highest BCUT2D eigenvalue weighted by Gasteiger charge is 2.30. The summed E-state index contributed by atoms with van der Waals surface area (Å²) in [7, 11) is 0. The van der Waals surface area contributed by atoms with Crippen molar-refractivity contribution >= 4 is 5.91 Å². The Morgan fingerprint density at radius 2 is 2.13 bits per heavy atom. The number of hydrogen-bond acceptors (Lipinski definition) is 1. The van der Waals surface area contributed by atoms with Crippen LogP contribution in [0.4, 0.5) is 0 Å². The lowest BCUT2D eigenvalue weighted by Crippen LogP contribution is -2.36. The Bertz CT molecular complexity index is 290. The van der Waals surface area contributed by atoms with Crippen LogP contribution in [-0.2, 0) is 4.79 Å². The molecule has 1 aliphatic rings. The second-order valence-electron chi connectivity index (χ2n) is 5.43. The normalized spacial score (nSPS) is 21.1. The predicted octanol–water partition coefficient (Wildman–Crippen LogP) is 2.44. The lowest BCUT2D eigenvalue weighted by molar-refractivity contribution is -0.126. The van der Waals surface area contributed by atoms with Gasteiger partial charge in [0.1, 0.15) is 0 Å². The third-order valence-electron chi connectivity index (χ3n) is 2.72. The summed E-state index contributed by atoms with van der Waals surface area (Å²) >= 11 is 0. The van der Waals surface area contributed by atoms with Crippen LogP contribution in [0.3, 0.4) is 0 Å². The molecule has 2 heteroatoms. The molecule has 1 atom stereocenters. The van der Waals surface area contributed by atoms with Crippen LogP contribution in [0.25, 0.3) is 0 Å². The average molecular weight is 207 g/mol. The van der Waals surface area contributed by atoms with Gasteiger partial charge in [-0.15, -0.1) is 0 Å².